The molecule has 4 nitrogen and oxygen atoms in total. The van der Waals surface area contributed by atoms with Crippen molar-refractivity contribution in [2.45, 2.75) is 27.2 Å². The van der Waals surface area contributed by atoms with Crippen molar-refractivity contribution in [2.75, 3.05) is 39.3 Å². The average molecular weight is 288 g/mol. The maximum atomic E-state index is 11.4. The summed E-state index contributed by atoms with van der Waals surface area (Å²) >= 11 is 0. The number of carbonyl (C=O) groups is 1. The monoisotopic (exact) mass is 287 g/mol. The lowest BCUT2D eigenvalue weighted by Gasteiger charge is -2.17. The van der Waals surface area contributed by atoms with Gasteiger partial charge in [-0.1, -0.05) is 20.8 Å². The predicted octanol–water partition coefficient (Wildman–Crippen LogP) is 1.29. The quantitative estimate of drug-likeness (QED) is 0.628. The lowest BCUT2D eigenvalue weighted by Crippen LogP contribution is -2.39. The molecule has 1 amide bonds. The van der Waals surface area contributed by atoms with E-state index in [1.807, 2.05) is 0 Å². The molecule has 0 heterocycles. The number of halogens is 2. The zero-order valence-electron chi connectivity index (χ0n) is 11.1. The fourth-order valence-corrected chi connectivity index (χ4v) is 1.30. The van der Waals surface area contributed by atoms with Crippen LogP contribution in [0.5, 0.6) is 0 Å². The van der Waals surface area contributed by atoms with Crippen LogP contribution in [0.15, 0.2) is 0 Å². The standard InChI is InChI=1S/C11H25N3O.2ClH/c1-4-7-12-8-9-13-11(15)10-14(5-2)6-3;;/h12H,4-10H2,1-3H3,(H,13,15);2*1H. The highest BCUT2D eigenvalue weighted by molar-refractivity contribution is 5.85. The Kier molecular flexibility index (Phi) is 20.8. The van der Waals surface area contributed by atoms with Gasteiger partial charge in [0.1, 0.15) is 0 Å². The molecule has 0 aromatic carbocycles. The molecule has 0 unspecified atom stereocenters. The second-order valence-corrected chi connectivity index (χ2v) is 3.56. The number of carbonyl (C=O) groups excluding carboxylic acids is 1. The average Bonchev–Trinajstić information content (AvgIpc) is 2.25. The Balaban J connectivity index is -0.000000980. The van der Waals surface area contributed by atoms with E-state index in [-0.39, 0.29) is 30.7 Å². The Bertz CT molecular complexity index is 167. The Labute approximate surface area is 118 Å². The summed E-state index contributed by atoms with van der Waals surface area (Å²) in [4.78, 5) is 13.5. The van der Waals surface area contributed by atoms with Gasteiger partial charge < -0.3 is 10.6 Å². The molecule has 0 radical (unpaired) electrons. The van der Waals surface area contributed by atoms with Gasteiger partial charge in [-0.05, 0) is 26.1 Å². The number of nitrogens with one attached hydrogen (secondary N) is 2. The van der Waals surface area contributed by atoms with E-state index in [2.05, 4.69) is 36.3 Å². The smallest absolute Gasteiger partial charge is 0.234 e. The number of likely N-dealkylation sites (N-methyl/N-ethyl adjacent to an activating group) is 1. The molecule has 0 saturated carbocycles. The molecule has 0 saturated heterocycles. The lowest BCUT2D eigenvalue weighted by molar-refractivity contribution is -0.122. The van der Waals surface area contributed by atoms with E-state index in [4.69, 9.17) is 0 Å². The highest BCUT2D eigenvalue weighted by atomic mass is 35.5. The number of hydrogen-bond acceptors (Lipinski definition) is 3. The van der Waals surface area contributed by atoms with E-state index >= 15 is 0 Å². The normalized spacial score (nSPS) is 9.41. The van der Waals surface area contributed by atoms with Gasteiger partial charge in [0, 0.05) is 13.1 Å². The summed E-state index contributed by atoms with van der Waals surface area (Å²) in [5.74, 6) is 0.122. The van der Waals surface area contributed by atoms with Crippen LogP contribution in [0.3, 0.4) is 0 Å². The van der Waals surface area contributed by atoms with Gasteiger partial charge in [-0.25, -0.2) is 0 Å². The molecule has 0 atom stereocenters. The number of nitrogens with zero attached hydrogens (tertiary/aromatic N) is 1. The summed E-state index contributed by atoms with van der Waals surface area (Å²) < 4.78 is 0. The predicted molar refractivity (Wildman–Crippen MR) is 78.5 cm³/mol. The molecule has 0 aliphatic rings. The molecule has 0 aliphatic carbocycles. The molecule has 0 rings (SSSR count). The zero-order valence-corrected chi connectivity index (χ0v) is 12.8. The molecule has 17 heavy (non-hydrogen) atoms. The molecule has 106 valence electrons. The highest BCUT2D eigenvalue weighted by Crippen LogP contribution is 1.85. The Hall–Kier alpha value is -0.0300. The van der Waals surface area contributed by atoms with E-state index in [1.54, 1.807) is 0 Å². The second-order valence-electron chi connectivity index (χ2n) is 3.56. The van der Waals surface area contributed by atoms with Crippen molar-refractivity contribution in [1.82, 2.24) is 15.5 Å². The van der Waals surface area contributed by atoms with Gasteiger partial charge in [0.25, 0.3) is 0 Å². The molecule has 6 heteroatoms. The third-order valence-corrected chi connectivity index (χ3v) is 2.31. The molecule has 0 aromatic rings. The van der Waals surface area contributed by atoms with Crippen molar-refractivity contribution in [3.63, 3.8) is 0 Å². The summed E-state index contributed by atoms with van der Waals surface area (Å²) in [6.45, 7) is 11.2. The molecule has 0 aromatic heterocycles. The third kappa shape index (κ3) is 13.9. The van der Waals surface area contributed by atoms with Crippen LogP contribution < -0.4 is 10.6 Å². The Morgan fingerprint density at radius 3 is 2.06 bits per heavy atom. The topological polar surface area (TPSA) is 44.4 Å². The largest absolute Gasteiger partial charge is 0.354 e. The molecule has 0 fully saturated rings. The highest BCUT2D eigenvalue weighted by Gasteiger charge is 2.05. The van der Waals surface area contributed by atoms with E-state index in [0.29, 0.717) is 6.54 Å². The first kappa shape index (κ1) is 22.2. The summed E-state index contributed by atoms with van der Waals surface area (Å²) in [7, 11) is 0. The summed E-state index contributed by atoms with van der Waals surface area (Å²) in [5, 5.41) is 6.14. The minimum absolute atomic E-state index is 0. The molecule has 0 spiro atoms. The van der Waals surface area contributed by atoms with Gasteiger partial charge in [-0.15, -0.1) is 24.8 Å². The third-order valence-electron chi connectivity index (χ3n) is 2.31. The van der Waals surface area contributed by atoms with E-state index < -0.39 is 0 Å². The molecular formula is C11H27Cl2N3O. The number of hydrogen-bond donors (Lipinski definition) is 2. The molecule has 0 bridgehead atoms. The van der Waals surface area contributed by atoms with E-state index in [0.717, 1.165) is 39.1 Å². The van der Waals surface area contributed by atoms with Crippen LogP contribution >= 0.6 is 24.8 Å². The summed E-state index contributed by atoms with van der Waals surface area (Å²) in [6.07, 6.45) is 1.13. The summed E-state index contributed by atoms with van der Waals surface area (Å²) in [6, 6.07) is 0. The summed E-state index contributed by atoms with van der Waals surface area (Å²) in [5.41, 5.74) is 0. The van der Waals surface area contributed by atoms with Crippen molar-refractivity contribution in [3.05, 3.63) is 0 Å². The maximum absolute atomic E-state index is 11.4. The molecule has 0 aliphatic heterocycles. The maximum Gasteiger partial charge on any atom is 0.234 e. The molecule has 2 N–H and O–H groups in total. The van der Waals surface area contributed by atoms with Crippen LogP contribution in [0.4, 0.5) is 0 Å². The van der Waals surface area contributed by atoms with Crippen molar-refractivity contribution in [2.24, 2.45) is 0 Å². The fourth-order valence-electron chi connectivity index (χ4n) is 1.30. The number of rotatable bonds is 9. The van der Waals surface area contributed by atoms with Crippen LogP contribution in [0.2, 0.25) is 0 Å². The van der Waals surface area contributed by atoms with Crippen LogP contribution in [0.25, 0.3) is 0 Å². The van der Waals surface area contributed by atoms with E-state index in [9.17, 15) is 4.79 Å². The number of amides is 1. The molecular weight excluding hydrogens is 261 g/mol. The van der Waals surface area contributed by atoms with Gasteiger partial charge in [-0.2, -0.15) is 0 Å². The second kappa shape index (κ2) is 16.0. The SMILES string of the molecule is CCCNCCNC(=O)CN(CC)CC.Cl.Cl. The van der Waals surface area contributed by atoms with Crippen LogP contribution in [-0.4, -0.2) is 50.1 Å². The van der Waals surface area contributed by atoms with E-state index in [1.165, 1.54) is 0 Å². The van der Waals surface area contributed by atoms with Gasteiger partial charge in [0.15, 0.2) is 0 Å². The van der Waals surface area contributed by atoms with Gasteiger partial charge in [0.05, 0.1) is 6.54 Å². The first-order valence-corrected chi connectivity index (χ1v) is 5.94. The van der Waals surface area contributed by atoms with Crippen molar-refractivity contribution < 1.29 is 4.79 Å². The van der Waals surface area contributed by atoms with Gasteiger partial charge >= 0.3 is 0 Å². The minimum atomic E-state index is 0. The van der Waals surface area contributed by atoms with Crippen molar-refractivity contribution >= 4 is 30.7 Å². The van der Waals surface area contributed by atoms with Crippen LogP contribution in [0.1, 0.15) is 27.2 Å². The van der Waals surface area contributed by atoms with Crippen molar-refractivity contribution in [1.29, 1.82) is 0 Å². The van der Waals surface area contributed by atoms with Crippen LogP contribution in [-0.2, 0) is 4.79 Å². The van der Waals surface area contributed by atoms with Gasteiger partial charge in [0.2, 0.25) is 5.91 Å². The van der Waals surface area contributed by atoms with Crippen LogP contribution in [0, 0.1) is 0 Å². The first-order chi connectivity index (χ1) is 7.24. The minimum Gasteiger partial charge on any atom is -0.354 e. The Morgan fingerprint density at radius 2 is 1.59 bits per heavy atom. The fraction of sp³-hybridized carbons (Fsp3) is 0.909. The van der Waals surface area contributed by atoms with Crippen molar-refractivity contribution in [3.8, 4) is 0 Å². The first-order valence-electron chi connectivity index (χ1n) is 5.94. The zero-order chi connectivity index (χ0) is 11.5. The Morgan fingerprint density at radius 1 is 1.00 bits per heavy atom. The lowest BCUT2D eigenvalue weighted by atomic mass is 10.4. The van der Waals surface area contributed by atoms with Gasteiger partial charge in [-0.3, -0.25) is 9.69 Å².